The molecule has 159 valence electrons. The van der Waals surface area contributed by atoms with Crippen LogP contribution in [0.4, 0.5) is 0 Å². The normalized spacial score (nSPS) is 12.7. The van der Waals surface area contributed by atoms with E-state index in [0.717, 1.165) is 23.9 Å². The second-order valence-electron chi connectivity index (χ2n) is 6.82. The summed E-state index contributed by atoms with van der Waals surface area (Å²) in [4.78, 5) is 13.2. The molecule has 0 aromatic heterocycles. The third-order valence-corrected chi connectivity index (χ3v) is 5.83. The molecular weight excluding hydrogens is 394 g/mol. The summed E-state index contributed by atoms with van der Waals surface area (Å²) in [6, 6.07) is 11.0. The van der Waals surface area contributed by atoms with Gasteiger partial charge in [0.15, 0.2) is 5.52 Å². The largest absolute Gasteiger partial charge is 0.496 e. The Hall–Kier alpha value is -1.66. The molecule has 0 fully saturated rings. The fourth-order valence-electron chi connectivity index (χ4n) is 2.65. The number of ether oxygens (including phenoxy) is 4. The van der Waals surface area contributed by atoms with Crippen molar-refractivity contribution in [1.82, 2.24) is 0 Å². The molecule has 3 unspecified atom stereocenters. The Morgan fingerprint density at radius 1 is 0.900 bits per heavy atom. The van der Waals surface area contributed by atoms with Gasteiger partial charge in [0.1, 0.15) is 28.6 Å². The topological polar surface area (TPSA) is 54.0 Å². The number of carbonyl (C=O) groups is 1. The summed E-state index contributed by atoms with van der Waals surface area (Å²) in [6.45, 7) is 8.19. The number of benzene rings is 2. The van der Waals surface area contributed by atoms with E-state index in [2.05, 4.69) is 13.8 Å². The van der Waals surface area contributed by atoms with Crippen LogP contribution < -0.4 is 24.3 Å². The molecule has 5 nitrogen and oxygen atoms in total. The van der Waals surface area contributed by atoms with E-state index in [-0.39, 0.29) is 45.2 Å². The second kappa shape index (κ2) is 12.9. The molecule has 2 aromatic carbocycles. The molecule has 3 atom stereocenters. The first-order valence-corrected chi connectivity index (χ1v) is 10.9. The van der Waals surface area contributed by atoms with Gasteiger partial charge in [0.2, 0.25) is 0 Å². The molecule has 7 heteroatoms. The fraction of sp³-hybridized carbons (Fsp3) is 0.435. The summed E-state index contributed by atoms with van der Waals surface area (Å²) in [5, 5.41) is 0.833. The van der Waals surface area contributed by atoms with Gasteiger partial charge in [0.25, 0.3) is 0 Å². The Morgan fingerprint density at radius 2 is 1.47 bits per heavy atom. The molecule has 2 rings (SSSR count). The van der Waals surface area contributed by atoms with E-state index in [4.69, 9.17) is 18.9 Å². The van der Waals surface area contributed by atoms with Gasteiger partial charge in [-0.05, 0) is 59.5 Å². The molecule has 0 aliphatic heterocycles. The summed E-state index contributed by atoms with van der Waals surface area (Å²) in [5.41, 5.74) is 0.383. The Labute approximate surface area is 193 Å². The van der Waals surface area contributed by atoms with E-state index in [1.807, 2.05) is 32.0 Å². The molecule has 1 radical (unpaired) electrons. The van der Waals surface area contributed by atoms with E-state index < -0.39 is 0 Å². The quantitative estimate of drug-likeness (QED) is 0.382. The number of carbonyl (C=O) groups excluding carboxylic acids is 1. The van der Waals surface area contributed by atoms with E-state index in [1.54, 1.807) is 32.4 Å². The SMILES string of the molecule is CCC(C)Oc1ccc(PC(=O)c2c(OC)cccc2OC)c(OC(C)CC)c1.[Li]. The second-order valence-corrected chi connectivity index (χ2v) is 8.07. The van der Waals surface area contributed by atoms with Crippen molar-refractivity contribution in [2.45, 2.75) is 52.7 Å². The van der Waals surface area contributed by atoms with Crippen LogP contribution in [0.1, 0.15) is 50.9 Å². The van der Waals surface area contributed by atoms with Crippen molar-refractivity contribution in [3.05, 3.63) is 42.0 Å². The van der Waals surface area contributed by atoms with Crippen LogP contribution in [0.3, 0.4) is 0 Å². The molecule has 0 amide bonds. The standard InChI is InChI=1S/C23H31O5P.Li/c1-7-15(3)27-17-12-13-21(20(14-17)28-16(4)8-2)29-23(24)22-18(25-5)10-9-11-19(22)26-6;/h9-16,29H,7-8H2,1-6H3;. The minimum Gasteiger partial charge on any atom is -0.496 e. The van der Waals surface area contributed by atoms with Crippen LogP contribution >= 0.6 is 8.58 Å². The molecule has 0 heterocycles. The van der Waals surface area contributed by atoms with Gasteiger partial charge in [0, 0.05) is 30.2 Å². The number of methoxy groups -OCH3 is 2. The molecule has 0 saturated heterocycles. The predicted molar refractivity (Wildman–Crippen MR) is 125 cm³/mol. The summed E-state index contributed by atoms with van der Waals surface area (Å²) >= 11 is 0. The molecule has 0 saturated carbocycles. The van der Waals surface area contributed by atoms with Crippen LogP contribution in [0.25, 0.3) is 0 Å². The number of hydrogen-bond acceptors (Lipinski definition) is 5. The van der Waals surface area contributed by atoms with Gasteiger partial charge in [-0.2, -0.15) is 0 Å². The van der Waals surface area contributed by atoms with Gasteiger partial charge >= 0.3 is 0 Å². The number of hydrogen-bond donors (Lipinski definition) is 0. The first-order valence-electron chi connectivity index (χ1n) is 9.93. The summed E-state index contributed by atoms with van der Waals surface area (Å²) < 4.78 is 22.8. The maximum absolute atomic E-state index is 13.2. The van der Waals surface area contributed by atoms with Gasteiger partial charge in [-0.15, -0.1) is 0 Å². The van der Waals surface area contributed by atoms with Gasteiger partial charge in [-0.1, -0.05) is 19.9 Å². The van der Waals surface area contributed by atoms with Gasteiger partial charge in [-0.25, -0.2) is 0 Å². The molecular formula is C23H31LiO5P. The van der Waals surface area contributed by atoms with Crippen molar-refractivity contribution in [3.63, 3.8) is 0 Å². The van der Waals surface area contributed by atoms with Crippen molar-refractivity contribution >= 4 is 38.3 Å². The number of rotatable bonds is 11. The van der Waals surface area contributed by atoms with Gasteiger partial charge < -0.3 is 18.9 Å². The van der Waals surface area contributed by atoms with E-state index >= 15 is 0 Å². The molecule has 0 aliphatic carbocycles. The minimum atomic E-state index is -0.133. The average Bonchev–Trinajstić information content (AvgIpc) is 2.74. The van der Waals surface area contributed by atoms with Gasteiger partial charge in [0.05, 0.1) is 26.4 Å². The van der Waals surface area contributed by atoms with E-state index in [0.29, 0.717) is 22.8 Å². The minimum absolute atomic E-state index is 0. The zero-order valence-electron chi connectivity index (χ0n) is 19.1. The molecule has 0 bridgehead atoms. The maximum atomic E-state index is 13.2. The van der Waals surface area contributed by atoms with E-state index in [1.165, 1.54) is 0 Å². The van der Waals surface area contributed by atoms with E-state index in [9.17, 15) is 4.79 Å². The van der Waals surface area contributed by atoms with Crippen LogP contribution in [0.5, 0.6) is 23.0 Å². The monoisotopic (exact) mass is 425 g/mol. The van der Waals surface area contributed by atoms with Crippen molar-refractivity contribution in [2.75, 3.05) is 14.2 Å². The Morgan fingerprint density at radius 3 is 2.00 bits per heavy atom. The van der Waals surface area contributed by atoms with Gasteiger partial charge in [-0.3, -0.25) is 4.79 Å². The molecule has 0 N–H and O–H groups in total. The van der Waals surface area contributed by atoms with Crippen LogP contribution in [-0.4, -0.2) is 50.8 Å². The third-order valence-electron chi connectivity index (χ3n) is 4.67. The average molecular weight is 425 g/mol. The third kappa shape index (κ3) is 6.95. The molecule has 30 heavy (non-hydrogen) atoms. The van der Waals surface area contributed by atoms with Crippen molar-refractivity contribution in [2.24, 2.45) is 0 Å². The molecule has 2 aromatic rings. The van der Waals surface area contributed by atoms with Crippen molar-refractivity contribution in [3.8, 4) is 23.0 Å². The van der Waals surface area contributed by atoms with Crippen molar-refractivity contribution < 1.29 is 23.7 Å². The van der Waals surface area contributed by atoms with Crippen LogP contribution in [-0.2, 0) is 0 Å². The fourth-order valence-corrected chi connectivity index (χ4v) is 3.69. The Kier molecular flexibility index (Phi) is 11.3. The summed E-state index contributed by atoms with van der Waals surface area (Å²) in [5.74, 6) is 2.43. The Bertz CT molecular complexity index is 805. The zero-order valence-corrected chi connectivity index (χ0v) is 20.1. The summed E-state index contributed by atoms with van der Waals surface area (Å²) in [6.07, 6.45) is 1.93. The van der Waals surface area contributed by atoms with Crippen LogP contribution in [0, 0.1) is 0 Å². The zero-order chi connectivity index (χ0) is 21.4. The Balaban J connectivity index is 0.00000450. The molecule has 0 aliphatic rings. The molecule has 0 spiro atoms. The first-order chi connectivity index (χ1) is 13.9. The predicted octanol–water partition coefficient (Wildman–Crippen LogP) is 4.82. The van der Waals surface area contributed by atoms with Crippen molar-refractivity contribution in [1.29, 1.82) is 0 Å². The summed E-state index contributed by atoms with van der Waals surface area (Å²) in [7, 11) is 2.96. The van der Waals surface area contributed by atoms with Crippen LogP contribution in [0.2, 0.25) is 0 Å². The van der Waals surface area contributed by atoms with Crippen LogP contribution in [0.15, 0.2) is 36.4 Å². The first kappa shape index (κ1) is 26.4. The smallest absolute Gasteiger partial charge is 0.193 e. The maximum Gasteiger partial charge on any atom is 0.193 e.